The van der Waals surface area contributed by atoms with Gasteiger partial charge in [0.05, 0.1) is 11.4 Å². The highest BCUT2D eigenvalue weighted by molar-refractivity contribution is 5.41. The molecule has 0 saturated heterocycles. The number of benzene rings is 2. The zero-order valence-electron chi connectivity index (χ0n) is 17.9. The average molecular weight is 386 g/mol. The van der Waals surface area contributed by atoms with Crippen molar-refractivity contribution in [3.8, 4) is 5.69 Å². The molecule has 0 unspecified atom stereocenters. The Labute approximate surface area is 174 Å². The quantitative estimate of drug-likeness (QED) is 0.542. The van der Waals surface area contributed by atoms with Crippen LogP contribution in [0.2, 0.25) is 0 Å². The van der Waals surface area contributed by atoms with Gasteiger partial charge in [0.15, 0.2) is 0 Å². The Morgan fingerprint density at radius 2 is 1.72 bits per heavy atom. The first kappa shape index (κ1) is 19.7. The molecular formula is C26H31N3. The molecule has 150 valence electrons. The molecule has 1 aliphatic rings. The number of aryl methyl sites for hydroxylation is 1. The third-order valence-electron chi connectivity index (χ3n) is 6.02. The minimum Gasteiger partial charge on any atom is -0.306 e. The zero-order valence-corrected chi connectivity index (χ0v) is 17.9. The van der Waals surface area contributed by atoms with E-state index in [0.29, 0.717) is 17.9 Å². The molecule has 0 radical (unpaired) electrons. The Hall–Kier alpha value is -2.65. The fourth-order valence-corrected chi connectivity index (χ4v) is 4.35. The van der Waals surface area contributed by atoms with Crippen LogP contribution in [0.3, 0.4) is 0 Å². The molecular weight excluding hydrogens is 354 g/mol. The molecule has 3 nitrogen and oxygen atoms in total. The van der Waals surface area contributed by atoms with Gasteiger partial charge in [0, 0.05) is 29.8 Å². The first-order chi connectivity index (χ1) is 14.0. The lowest BCUT2D eigenvalue weighted by atomic mass is 9.95. The number of hydrogen-bond donors (Lipinski definition) is 1. The highest BCUT2D eigenvalue weighted by Crippen LogP contribution is 2.34. The Kier molecular flexibility index (Phi) is 5.68. The second-order valence-corrected chi connectivity index (χ2v) is 8.44. The molecule has 1 aromatic heterocycles. The predicted molar refractivity (Wildman–Crippen MR) is 121 cm³/mol. The number of aromatic nitrogens is 2. The Morgan fingerprint density at radius 3 is 2.41 bits per heavy atom. The van der Waals surface area contributed by atoms with Crippen molar-refractivity contribution >= 4 is 0 Å². The van der Waals surface area contributed by atoms with Gasteiger partial charge in [0.25, 0.3) is 0 Å². The first-order valence-electron chi connectivity index (χ1n) is 10.6. The first-order valence-corrected chi connectivity index (χ1v) is 10.6. The number of allylic oxidation sites excluding steroid dienone is 1. The Morgan fingerprint density at radius 1 is 1.00 bits per heavy atom. The van der Waals surface area contributed by atoms with Crippen molar-refractivity contribution in [3.63, 3.8) is 0 Å². The van der Waals surface area contributed by atoms with Gasteiger partial charge in [-0.2, -0.15) is 5.10 Å². The third kappa shape index (κ3) is 4.20. The average Bonchev–Trinajstić information content (AvgIpc) is 3.31. The maximum Gasteiger partial charge on any atom is 0.0648 e. The van der Waals surface area contributed by atoms with Gasteiger partial charge in [-0.25, -0.2) is 4.68 Å². The van der Waals surface area contributed by atoms with Crippen LogP contribution in [-0.4, -0.2) is 15.8 Å². The van der Waals surface area contributed by atoms with E-state index in [2.05, 4.69) is 98.4 Å². The summed E-state index contributed by atoms with van der Waals surface area (Å²) in [6.45, 7) is 9.70. The molecule has 1 heterocycles. The van der Waals surface area contributed by atoms with Crippen LogP contribution in [0.4, 0.5) is 0 Å². The summed E-state index contributed by atoms with van der Waals surface area (Å²) >= 11 is 0. The van der Waals surface area contributed by atoms with E-state index in [9.17, 15) is 0 Å². The van der Waals surface area contributed by atoms with Crippen LogP contribution in [0.15, 0.2) is 66.7 Å². The minimum atomic E-state index is 0.406. The molecule has 2 atom stereocenters. The molecule has 3 aromatic rings. The van der Waals surface area contributed by atoms with Crippen LogP contribution >= 0.6 is 0 Å². The number of rotatable bonds is 6. The fraction of sp³-hybridized carbons (Fsp3) is 0.346. The maximum atomic E-state index is 4.83. The minimum absolute atomic E-state index is 0.406. The Bertz CT molecular complexity index is 981. The van der Waals surface area contributed by atoms with Crippen molar-refractivity contribution in [1.29, 1.82) is 0 Å². The van der Waals surface area contributed by atoms with Gasteiger partial charge in [-0.3, -0.25) is 0 Å². The van der Waals surface area contributed by atoms with Crippen molar-refractivity contribution < 1.29 is 0 Å². The summed E-state index contributed by atoms with van der Waals surface area (Å²) in [4.78, 5) is 0. The number of para-hydroxylation sites is 1. The van der Waals surface area contributed by atoms with E-state index in [0.717, 1.165) is 24.3 Å². The molecule has 0 amide bonds. The summed E-state index contributed by atoms with van der Waals surface area (Å²) in [5, 5.41) is 8.54. The van der Waals surface area contributed by atoms with E-state index in [-0.39, 0.29) is 0 Å². The van der Waals surface area contributed by atoms with Gasteiger partial charge in [0.1, 0.15) is 0 Å². The van der Waals surface area contributed by atoms with Gasteiger partial charge in [-0.05, 0) is 49.4 Å². The van der Waals surface area contributed by atoms with E-state index < -0.39 is 0 Å². The molecule has 1 N–H and O–H groups in total. The van der Waals surface area contributed by atoms with Crippen LogP contribution < -0.4 is 5.32 Å². The molecule has 0 aliphatic heterocycles. The van der Waals surface area contributed by atoms with Gasteiger partial charge in [-0.1, -0.05) is 68.5 Å². The molecule has 4 rings (SSSR count). The summed E-state index contributed by atoms with van der Waals surface area (Å²) in [6, 6.07) is 19.8. The van der Waals surface area contributed by atoms with Crippen LogP contribution in [-0.2, 0) is 6.54 Å². The van der Waals surface area contributed by atoms with Crippen LogP contribution in [0.25, 0.3) is 5.69 Å². The van der Waals surface area contributed by atoms with Gasteiger partial charge >= 0.3 is 0 Å². The summed E-state index contributed by atoms with van der Waals surface area (Å²) in [6.07, 6.45) is 5.77. The molecule has 0 spiro atoms. The largest absolute Gasteiger partial charge is 0.306 e. The van der Waals surface area contributed by atoms with Crippen molar-refractivity contribution in [2.45, 2.75) is 58.5 Å². The lowest BCUT2D eigenvalue weighted by Gasteiger charge is -2.15. The zero-order chi connectivity index (χ0) is 20.4. The highest BCUT2D eigenvalue weighted by atomic mass is 15.3. The standard InChI is InChI=1S/C26H31N3/c1-18(2)22-12-10-21(11-13-22)17-27-24-15-14-23(16-24)26-19(3)28-29(20(26)4)25-8-6-5-7-9-25/h5-15,18,23-24,27H,16-17H2,1-4H3/t23-,24-/m1/s1. The van der Waals surface area contributed by atoms with Crippen molar-refractivity contribution in [2.24, 2.45) is 0 Å². The number of nitrogens with zero attached hydrogens (tertiary/aromatic N) is 2. The molecule has 29 heavy (non-hydrogen) atoms. The second-order valence-electron chi connectivity index (χ2n) is 8.44. The maximum absolute atomic E-state index is 4.83. The lowest BCUT2D eigenvalue weighted by Crippen LogP contribution is -2.25. The molecule has 3 heteroatoms. The molecule has 2 aromatic carbocycles. The highest BCUT2D eigenvalue weighted by Gasteiger charge is 2.25. The van der Waals surface area contributed by atoms with Crippen LogP contribution in [0.5, 0.6) is 0 Å². The van der Waals surface area contributed by atoms with Crippen molar-refractivity contribution in [1.82, 2.24) is 15.1 Å². The summed E-state index contributed by atoms with van der Waals surface area (Å²) in [5.41, 5.74) is 7.61. The Balaban J connectivity index is 1.41. The van der Waals surface area contributed by atoms with Crippen LogP contribution in [0.1, 0.15) is 60.2 Å². The van der Waals surface area contributed by atoms with Crippen molar-refractivity contribution in [3.05, 3.63) is 94.8 Å². The summed E-state index contributed by atoms with van der Waals surface area (Å²) in [5.74, 6) is 1.01. The normalized spacial score (nSPS) is 18.7. The smallest absolute Gasteiger partial charge is 0.0648 e. The lowest BCUT2D eigenvalue weighted by molar-refractivity contribution is 0.559. The summed E-state index contributed by atoms with van der Waals surface area (Å²) < 4.78 is 2.08. The number of hydrogen-bond acceptors (Lipinski definition) is 2. The van der Waals surface area contributed by atoms with Crippen LogP contribution in [0, 0.1) is 13.8 Å². The predicted octanol–water partition coefficient (Wildman–Crippen LogP) is 5.81. The molecule has 0 bridgehead atoms. The summed E-state index contributed by atoms with van der Waals surface area (Å²) in [7, 11) is 0. The fourth-order valence-electron chi connectivity index (χ4n) is 4.35. The monoisotopic (exact) mass is 385 g/mol. The molecule has 0 fully saturated rings. The molecule has 0 saturated carbocycles. The van der Waals surface area contributed by atoms with Gasteiger partial charge in [0.2, 0.25) is 0 Å². The number of nitrogens with one attached hydrogen (secondary N) is 1. The van der Waals surface area contributed by atoms with Gasteiger partial charge < -0.3 is 5.32 Å². The van der Waals surface area contributed by atoms with E-state index >= 15 is 0 Å². The van der Waals surface area contributed by atoms with E-state index in [1.807, 2.05) is 6.07 Å². The molecule has 1 aliphatic carbocycles. The second kappa shape index (κ2) is 8.38. The third-order valence-corrected chi connectivity index (χ3v) is 6.02. The van der Waals surface area contributed by atoms with E-state index in [4.69, 9.17) is 5.10 Å². The topological polar surface area (TPSA) is 29.9 Å². The van der Waals surface area contributed by atoms with E-state index in [1.165, 1.54) is 22.4 Å². The van der Waals surface area contributed by atoms with Crippen molar-refractivity contribution in [2.75, 3.05) is 0 Å². The van der Waals surface area contributed by atoms with Gasteiger partial charge in [-0.15, -0.1) is 0 Å². The van der Waals surface area contributed by atoms with E-state index in [1.54, 1.807) is 0 Å². The SMILES string of the molecule is Cc1nn(-c2ccccc2)c(C)c1[C@@H]1C=C[C@@H](NCc2ccc(C(C)C)cc2)C1.